The fraction of sp³-hybridized carbons (Fsp3) is 0.375. The van der Waals surface area contributed by atoms with Gasteiger partial charge in [0.05, 0.1) is 11.9 Å². The molecule has 9 nitrogen and oxygen atoms in total. The Balaban J connectivity index is 1.58. The SMILES string of the molecule is CC(C)(C)NC(=O)C(Cc1ccccc1)N(Cc1ccc(Cl)cc1)C(=O)CCCN(c1ccc2c(c1)OCO2)S(C)(=O)=O. The van der Waals surface area contributed by atoms with E-state index in [4.69, 9.17) is 21.1 Å². The van der Waals surface area contributed by atoms with Crippen LogP contribution in [0.4, 0.5) is 5.69 Å². The highest BCUT2D eigenvalue weighted by molar-refractivity contribution is 7.92. The van der Waals surface area contributed by atoms with Gasteiger partial charge in [0.2, 0.25) is 28.6 Å². The minimum Gasteiger partial charge on any atom is -0.454 e. The number of fused-ring (bicyclic) bond motifs is 1. The minimum absolute atomic E-state index is 0.0260. The second-order valence-electron chi connectivity index (χ2n) is 11.6. The number of sulfonamides is 1. The van der Waals surface area contributed by atoms with Gasteiger partial charge in [-0.1, -0.05) is 54.1 Å². The van der Waals surface area contributed by atoms with Gasteiger partial charge < -0.3 is 19.7 Å². The summed E-state index contributed by atoms with van der Waals surface area (Å²) in [6, 6.07) is 20.8. The summed E-state index contributed by atoms with van der Waals surface area (Å²) in [6.07, 6.45) is 1.70. The summed E-state index contributed by atoms with van der Waals surface area (Å²) in [6.45, 7) is 6.01. The van der Waals surface area contributed by atoms with Crippen molar-refractivity contribution in [2.24, 2.45) is 0 Å². The quantitative estimate of drug-likeness (QED) is 0.297. The number of hydrogen-bond acceptors (Lipinski definition) is 6. The molecule has 1 aliphatic heterocycles. The Kier molecular flexibility index (Phi) is 10.2. The average Bonchev–Trinajstić information content (AvgIpc) is 3.41. The molecule has 0 radical (unpaired) electrons. The second-order valence-corrected chi connectivity index (χ2v) is 13.9. The number of hydrogen-bond donors (Lipinski definition) is 1. The van der Waals surface area contributed by atoms with Gasteiger partial charge in [-0.3, -0.25) is 13.9 Å². The van der Waals surface area contributed by atoms with Crippen molar-refractivity contribution in [3.63, 3.8) is 0 Å². The number of carbonyl (C=O) groups is 2. The number of amides is 2. The lowest BCUT2D eigenvalue weighted by molar-refractivity contribution is -0.142. The lowest BCUT2D eigenvalue weighted by atomic mass is 10.00. The smallest absolute Gasteiger partial charge is 0.243 e. The first-order valence-corrected chi connectivity index (χ1v) is 16.3. The first kappa shape index (κ1) is 32.2. The monoisotopic (exact) mass is 627 g/mol. The lowest BCUT2D eigenvalue weighted by Gasteiger charge is -2.34. The third-order valence-corrected chi connectivity index (χ3v) is 8.28. The maximum atomic E-state index is 14.0. The minimum atomic E-state index is -3.66. The standard InChI is InChI=1S/C32H38ClN3O6S/c1-32(2,3)34-31(38)27(19-23-9-6-5-7-10-23)35(21-24-12-14-25(33)15-13-24)30(37)11-8-18-36(43(4,39)40)26-16-17-28-29(20-26)42-22-41-28/h5-7,9-10,12-17,20,27H,8,11,18-19,21-22H2,1-4H3,(H,34,38). The molecule has 0 fully saturated rings. The van der Waals surface area contributed by atoms with E-state index < -0.39 is 21.6 Å². The summed E-state index contributed by atoms with van der Waals surface area (Å²) >= 11 is 6.11. The van der Waals surface area contributed by atoms with E-state index in [1.807, 2.05) is 63.2 Å². The van der Waals surface area contributed by atoms with Crippen LogP contribution < -0.4 is 19.1 Å². The number of nitrogens with zero attached hydrogens (tertiary/aromatic N) is 2. The predicted molar refractivity (Wildman–Crippen MR) is 168 cm³/mol. The molecule has 0 bridgehead atoms. The fourth-order valence-corrected chi connectivity index (χ4v) is 5.92. The van der Waals surface area contributed by atoms with Crippen molar-refractivity contribution in [3.8, 4) is 11.5 Å². The number of halogens is 1. The van der Waals surface area contributed by atoms with Gasteiger partial charge in [-0.05, 0) is 62.6 Å². The number of benzene rings is 3. The number of carbonyl (C=O) groups excluding carboxylic acids is 2. The first-order chi connectivity index (χ1) is 20.3. The van der Waals surface area contributed by atoms with Crippen molar-refractivity contribution < 1.29 is 27.5 Å². The zero-order valence-electron chi connectivity index (χ0n) is 24.9. The molecule has 43 heavy (non-hydrogen) atoms. The molecule has 1 aliphatic rings. The van der Waals surface area contributed by atoms with Crippen LogP contribution in [0.15, 0.2) is 72.8 Å². The van der Waals surface area contributed by atoms with E-state index in [0.29, 0.717) is 28.6 Å². The summed E-state index contributed by atoms with van der Waals surface area (Å²) in [5.41, 5.74) is 1.64. The van der Waals surface area contributed by atoms with Crippen LogP contribution in [0.3, 0.4) is 0 Å². The van der Waals surface area contributed by atoms with E-state index in [2.05, 4.69) is 5.32 Å². The van der Waals surface area contributed by atoms with E-state index >= 15 is 0 Å². The maximum absolute atomic E-state index is 14.0. The van der Waals surface area contributed by atoms with Crippen LogP contribution in [0, 0.1) is 0 Å². The Hall–Kier alpha value is -3.76. The van der Waals surface area contributed by atoms with Gasteiger partial charge in [0.15, 0.2) is 11.5 Å². The van der Waals surface area contributed by atoms with E-state index in [0.717, 1.165) is 17.4 Å². The molecule has 1 atom stereocenters. The molecule has 3 aromatic rings. The zero-order chi connectivity index (χ0) is 31.2. The van der Waals surface area contributed by atoms with E-state index in [-0.39, 0.29) is 44.5 Å². The summed E-state index contributed by atoms with van der Waals surface area (Å²) in [4.78, 5) is 29.2. The highest BCUT2D eigenvalue weighted by Crippen LogP contribution is 2.36. The molecule has 230 valence electrons. The molecule has 0 saturated heterocycles. The number of anilines is 1. The highest BCUT2D eigenvalue weighted by atomic mass is 35.5. The van der Waals surface area contributed by atoms with Crippen LogP contribution in [0.25, 0.3) is 0 Å². The summed E-state index contributed by atoms with van der Waals surface area (Å²) in [5.74, 6) is 0.476. The van der Waals surface area contributed by atoms with E-state index in [1.54, 1.807) is 35.2 Å². The van der Waals surface area contributed by atoms with Gasteiger partial charge in [0.25, 0.3) is 0 Å². The molecule has 3 aromatic carbocycles. The topological polar surface area (TPSA) is 105 Å². The van der Waals surface area contributed by atoms with Crippen molar-refractivity contribution in [2.75, 3.05) is 23.9 Å². The molecule has 0 aromatic heterocycles. The van der Waals surface area contributed by atoms with Crippen molar-refractivity contribution in [1.29, 1.82) is 0 Å². The number of rotatable bonds is 12. The molecule has 0 aliphatic carbocycles. The average molecular weight is 628 g/mol. The van der Waals surface area contributed by atoms with Gasteiger partial charge in [-0.25, -0.2) is 8.42 Å². The third-order valence-electron chi connectivity index (χ3n) is 6.83. The number of nitrogens with one attached hydrogen (secondary N) is 1. The molecule has 1 N–H and O–H groups in total. The normalized spacial score (nSPS) is 13.3. The molecule has 2 amide bonds. The molecule has 11 heteroatoms. The van der Waals surface area contributed by atoms with Crippen molar-refractivity contribution in [1.82, 2.24) is 10.2 Å². The van der Waals surface area contributed by atoms with Crippen molar-refractivity contribution >= 4 is 39.1 Å². The van der Waals surface area contributed by atoms with Crippen LogP contribution >= 0.6 is 11.6 Å². The largest absolute Gasteiger partial charge is 0.454 e. The van der Waals surface area contributed by atoms with E-state index in [9.17, 15) is 18.0 Å². The Morgan fingerprint density at radius 1 is 0.953 bits per heavy atom. The van der Waals surface area contributed by atoms with Crippen LogP contribution in [0.5, 0.6) is 11.5 Å². The first-order valence-electron chi connectivity index (χ1n) is 14.1. The second kappa shape index (κ2) is 13.7. The predicted octanol–water partition coefficient (Wildman–Crippen LogP) is 5.17. The zero-order valence-corrected chi connectivity index (χ0v) is 26.5. The van der Waals surface area contributed by atoms with Crippen LogP contribution in [0.1, 0.15) is 44.7 Å². The molecule has 1 heterocycles. The molecular formula is C32H38ClN3O6S. The molecule has 4 rings (SSSR count). The third kappa shape index (κ3) is 9.11. The van der Waals surface area contributed by atoms with Gasteiger partial charge in [-0.15, -0.1) is 0 Å². The molecule has 1 unspecified atom stereocenters. The summed E-state index contributed by atoms with van der Waals surface area (Å²) < 4.78 is 37.5. The summed E-state index contributed by atoms with van der Waals surface area (Å²) in [7, 11) is -3.66. The number of ether oxygens (including phenoxy) is 2. The van der Waals surface area contributed by atoms with Crippen molar-refractivity contribution in [2.45, 2.75) is 58.2 Å². The molecule has 0 saturated carbocycles. The van der Waals surface area contributed by atoms with Gasteiger partial charge in [-0.2, -0.15) is 0 Å². The molecular weight excluding hydrogens is 590 g/mol. The van der Waals surface area contributed by atoms with Crippen LogP contribution in [-0.4, -0.2) is 56.3 Å². The Bertz CT molecular complexity index is 1520. The van der Waals surface area contributed by atoms with Gasteiger partial charge in [0, 0.05) is 42.6 Å². The van der Waals surface area contributed by atoms with Crippen LogP contribution in [0.2, 0.25) is 5.02 Å². The Morgan fingerprint density at radius 3 is 2.28 bits per heavy atom. The Labute approximate surface area is 258 Å². The highest BCUT2D eigenvalue weighted by Gasteiger charge is 2.32. The molecule has 0 spiro atoms. The lowest BCUT2D eigenvalue weighted by Crippen LogP contribution is -2.54. The maximum Gasteiger partial charge on any atom is 0.243 e. The van der Waals surface area contributed by atoms with Crippen LogP contribution in [-0.2, 0) is 32.6 Å². The Morgan fingerprint density at radius 2 is 1.63 bits per heavy atom. The van der Waals surface area contributed by atoms with Gasteiger partial charge in [0.1, 0.15) is 6.04 Å². The van der Waals surface area contributed by atoms with Crippen molar-refractivity contribution in [3.05, 3.63) is 88.9 Å². The summed E-state index contributed by atoms with van der Waals surface area (Å²) in [5, 5.41) is 3.61. The fourth-order valence-electron chi connectivity index (χ4n) is 4.84. The van der Waals surface area contributed by atoms with Gasteiger partial charge >= 0.3 is 0 Å². The van der Waals surface area contributed by atoms with E-state index in [1.165, 1.54) is 4.31 Å².